The first kappa shape index (κ1) is 23.3. The van der Waals surface area contributed by atoms with Crippen molar-refractivity contribution in [2.75, 3.05) is 33.4 Å². The molecule has 1 unspecified atom stereocenters. The van der Waals surface area contributed by atoms with E-state index >= 15 is 0 Å². The van der Waals surface area contributed by atoms with Crippen LogP contribution in [0.1, 0.15) is 44.5 Å². The van der Waals surface area contributed by atoms with Gasteiger partial charge >= 0.3 is 6.55 Å². The average Bonchev–Trinajstić information content (AvgIpc) is 3.17. The summed E-state index contributed by atoms with van der Waals surface area (Å²) >= 11 is 0. The van der Waals surface area contributed by atoms with E-state index in [1.807, 2.05) is 0 Å². The molecule has 3 rings (SSSR count). The Morgan fingerprint density at radius 1 is 1.36 bits per heavy atom. The van der Waals surface area contributed by atoms with Crippen LogP contribution in [-0.4, -0.2) is 66.0 Å². The van der Waals surface area contributed by atoms with Crippen LogP contribution >= 0.6 is 24.0 Å². The van der Waals surface area contributed by atoms with Crippen LogP contribution in [0.3, 0.4) is 0 Å². The van der Waals surface area contributed by atoms with Crippen LogP contribution in [0.25, 0.3) is 0 Å². The van der Waals surface area contributed by atoms with Crippen molar-refractivity contribution in [3.63, 3.8) is 0 Å². The Morgan fingerprint density at radius 2 is 2.14 bits per heavy atom. The molecule has 1 aromatic heterocycles. The lowest BCUT2D eigenvalue weighted by atomic mass is 10.1. The number of hydrogen-bond donors (Lipinski definition) is 1. The highest BCUT2D eigenvalue weighted by molar-refractivity contribution is 14.0. The molecule has 2 fully saturated rings. The summed E-state index contributed by atoms with van der Waals surface area (Å²) in [6.07, 6.45) is 8.43. The molecule has 0 aromatic carbocycles. The fourth-order valence-corrected chi connectivity index (χ4v) is 3.57. The summed E-state index contributed by atoms with van der Waals surface area (Å²) in [5, 5.41) is 3.13. The molecule has 10 heteroatoms. The van der Waals surface area contributed by atoms with Crippen LogP contribution < -0.4 is 5.32 Å². The van der Waals surface area contributed by atoms with Gasteiger partial charge in [-0.25, -0.2) is 4.98 Å². The second kappa shape index (κ2) is 11.9. The van der Waals surface area contributed by atoms with Crippen LogP contribution in [0.15, 0.2) is 17.4 Å². The lowest BCUT2D eigenvalue weighted by Gasteiger charge is -2.35. The Balaban J connectivity index is 0.00000280. The lowest BCUT2D eigenvalue weighted by Crippen LogP contribution is -2.47. The summed E-state index contributed by atoms with van der Waals surface area (Å²) in [5.74, 6) is 0.990. The van der Waals surface area contributed by atoms with Crippen molar-refractivity contribution in [2.45, 2.75) is 57.4 Å². The monoisotopic (exact) mass is 513 g/mol. The normalized spacial score (nSPS) is 21.6. The van der Waals surface area contributed by atoms with Crippen LogP contribution in [-0.2, 0) is 16.0 Å². The molecule has 0 radical (unpaired) electrons. The molecule has 0 spiro atoms. The van der Waals surface area contributed by atoms with Gasteiger partial charge in [0.15, 0.2) is 5.96 Å². The topological polar surface area (TPSA) is 63.9 Å². The van der Waals surface area contributed by atoms with Crippen molar-refractivity contribution in [1.82, 2.24) is 19.8 Å². The Kier molecular flexibility index (Phi) is 9.86. The molecule has 2 aliphatic heterocycles. The Labute approximate surface area is 181 Å². The molecule has 0 saturated carbocycles. The van der Waals surface area contributed by atoms with Gasteiger partial charge in [-0.15, -0.1) is 24.0 Å². The molecule has 1 N–H and O–H groups in total. The maximum atomic E-state index is 12.9. The van der Waals surface area contributed by atoms with Crippen molar-refractivity contribution in [3.8, 4) is 0 Å². The summed E-state index contributed by atoms with van der Waals surface area (Å²) in [5.41, 5.74) is 0. The van der Waals surface area contributed by atoms with E-state index in [0.29, 0.717) is 12.6 Å². The third kappa shape index (κ3) is 6.51. The van der Waals surface area contributed by atoms with Gasteiger partial charge in [0.1, 0.15) is 5.82 Å². The number of ether oxygens (including phenoxy) is 2. The van der Waals surface area contributed by atoms with Crippen LogP contribution in [0, 0.1) is 0 Å². The first-order valence-corrected chi connectivity index (χ1v) is 9.66. The number of nitrogens with zero attached hydrogens (tertiary/aromatic N) is 4. The third-order valence-electron chi connectivity index (χ3n) is 5.11. The quantitative estimate of drug-likeness (QED) is 0.360. The highest BCUT2D eigenvalue weighted by atomic mass is 127. The van der Waals surface area contributed by atoms with Gasteiger partial charge in [0.05, 0.1) is 25.4 Å². The van der Waals surface area contributed by atoms with Gasteiger partial charge in [0, 0.05) is 39.1 Å². The van der Waals surface area contributed by atoms with Crippen LogP contribution in [0.5, 0.6) is 0 Å². The number of piperidine rings is 1. The van der Waals surface area contributed by atoms with E-state index in [2.05, 4.69) is 20.2 Å². The first-order valence-electron chi connectivity index (χ1n) is 9.66. The van der Waals surface area contributed by atoms with Crippen molar-refractivity contribution in [2.24, 2.45) is 4.99 Å². The lowest BCUT2D eigenvalue weighted by molar-refractivity contribution is -0.0721. The molecule has 1 atom stereocenters. The zero-order valence-corrected chi connectivity index (χ0v) is 18.6. The number of rotatable bonds is 6. The Morgan fingerprint density at radius 3 is 2.79 bits per heavy atom. The molecule has 2 saturated heterocycles. The molecular formula is C18H30F2IN5O2. The van der Waals surface area contributed by atoms with E-state index in [4.69, 9.17) is 9.47 Å². The summed E-state index contributed by atoms with van der Waals surface area (Å²) < 4.78 is 38.4. The fraction of sp³-hybridized carbons (Fsp3) is 0.778. The summed E-state index contributed by atoms with van der Waals surface area (Å²) in [7, 11) is 1.70. The predicted octanol–water partition coefficient (Wildman–Crippen LogP) is 3.02. The SMILES string of the molecule is CN=C(NCc1nccn1C(F)F)N1CCC(OCC2CCCCO2)CC1.I. The molecule has 1 aromatic rings. The maximum absolute atomic E-state index is 12.9. The Bertz CT molecular complexity index is 603. The minimum absolute atomic E-state index is 0. The van der Waals surface area contributed by atoms with Gasteiger partial charge in [0.2, 0.25) is 0 Å². The van der Waals surface area contributed by atoms with Gasteiger partial charge in [-0.05, 0) is 32.1 Å². The molecule has 3 heterocycles. The Hall–Kier alpha value is -1.01. The van der Waals surface area contributed by atoms with Crippen molar-refractivity contribution < 1.29 is 18.3 Å². The molecule has 160 valence electrons. The van der Waals surface area contributed by atoms with E-state index < -0.39 is 6.55 Å². The molecule has 7 nitrogen and oxygen atoms in total. The number of hydrogen-bond acceptors (Lipinski definition) is 4. The number of nitrogens with one attached hydrogen (secondary N) is 1. The molecule has 2 aliphatic rings. The van der Waals surface area contributed by atoms with E-state index in [1.54, 1.807) is 7.05 Å². The van der Waals surface area contributed by atoms with Crippen molar-refractivity contribution >= 4 is 29.9 Å². The van der Waals surface area contributed by atoms with Gasteiger partial charge < -0.3 is 19.7 Å². The molecular weight excluding hydrogens is 483 g/mol. The smallest absolute Gasteiger partial charge is 0.319 e. The third-order valence-corrected chi connectivity index (χ3v) is 5.11. The van der Waals surface area contributed by atoms with E-state index in [1.165, 1.54) is 18.8 Å². The number of alkyl halides is 2. The second-order valence-electron chi connectivity index (χ2n) is 6.94. The number of imidazole rings is 1. The van der Waals surface area contributed by atoms with E-state index in [0.717, 1.165) is 49.9 Å². The number of aliphatic imine (C=N–C) groups is 1. The van der Waals surface area contributed by atoms with Crippen molar-refractivity contribution in [3.05, 3.63) is 18.2 Å². The minimum atomic E-state index is -2.59. The summed E-state index contributed by atoms with van der Waals surface area (Å²) in [6, 6.07) is 0. The summed E-state index contributed by atoms with van der Waals surface area (Å²) in [4.78, 5) is 10.4. The first-order chi connectivity index (χ1) is 13.2. The summed E-state index contributed by atoms with van der Waals surface area (Å²) in [6.45, 7) is 0.775. The maximum Gasteiger partial charge on any atom is 0.319 e. The zero-order chi connectivity index (χ0) is 19.1. The van der Waals surface area contributed by atoms with Gasteiger partial charge in [-0.1, -0.05) is 0 Å². The van der Waals surface area contributed by atoms with E-state index in [9.17, 15) is 8.78 Å². The van der Waals surface area contributed by atoms with Gasteiger partial charge in [-0.2, -0.15) is 8.78 Å². The van der Waals surface area contributed by atoms with Crippen LogP contribution in [0.2, 0.25) is 0 Å². The van der Waals surface area contributed by atoms with E-state index in [-0.39, 0.29) is 48.6 Å². The van der Waals surface area contributed by atoms with Crippen LogP contribution in [0.4, 0.5) is 8.78 Å². The number of guanidine groups is 1. The largest absolute Gasteiger partial charge is 0.376 e. The highest BCUT2D eigenvalue weighted by Crippen LogP contribution is 2.18. The standard InChI is InChI=1S/C18H29F2N5O2.HI/c1-21-18(23-12-16-22-7-10-25(16)17(19)20)24-8-5-14(6-9-24)27-13-15-4-2-3-11-26-15;/h7,10,14-15,17H,2-6,8-9,11-13H2,1H3,(H,21,23);1H. The minimum Gasteiger partial charge on any atom is -0.376 e. The van der Waals surface area contributed by atoms with Crippen molar-refractivity contribution in [1.29, 1.82) is 0 Å². The molecule has 28 heavy (non-hydrogen) atoms. The van der Waals surface area contributed by atoms with Gasteiger partial charge in [0.25, 0.3) is 0 Å². The number of aromatic nitrogens is 2. The van der Waals surface area contributed by atoms with Gasteiger partial charge in [-0.3, -0.25) is 9.56 Å². The fourth-order valence-electron chi connectivity index (χ4n) is 3.57. The zero-order valence-electron chi connectivity index (χ0n) is 16.2. The molecule has 0 amide bonds. The highest BCUT2D eigenvalue weighted by Gasteiger charge is 2.24. The number of likely N-dealkylation sites (tertiary alicyclic amines) is 1. The molecule has 0 bridgehead atoms. The predicted molar refractivity (Wildman–Crippen MR) is 113 cm³/mol. The second-order valence-corrected chi connectivity index (χ2v) is 6.94. The average molecular weight is 513 g/mol. The molecule has 0 aliphatic carbocycles. The number of halogens is 3.